The molecular formula is C11H17N. The molecule has 0 saturated heterocycles. The van der Waals surface area contributed by atoms with Crippen LogP contribution < -0.4 is 5.32 Å². The SMILES string of the molecule is [CH2-][NH2+]Cc1ccc(C(C)C)cc1. The van der Waals surface area contributed by atoms with Crippen molar-refractivity contribution in [2.24, 2.45) is 0 Å². The third kappa shape index (κ3) is 2.35. The minimum absolute atomic E-state index is 0.628. The number of benzene rings is 1. The topological polar surface area (TPSA) is 16.6 Å². The molecule has 1 nitrogen and oxygen atoms in total. The maximum atomic E-state index is 3.71. The molecule has 12 heavy (non-hydrogen) atoms. The molecule has 0 heterocycles. The van der Waals surface area contributed by atoms with Gasteiger partial charge in [0.2, 0.25) is 0 Å². The van der Waals surface area contributed by atoms with E-state index in [2.05, 4.69) is 45.2 Å². The van der Waals surface area contributed by atoms with Gasteiger partial charge in [0.25, 0.3) is 0 Å². The second kappa shape index (κ2) is 4.27. The van der Waals surface area contributed by atoms with Gasteiger partial charge in [-0.25, -0.2) is 0 Å². The highest BCUT2D eigenvalue weighted by atomic mass is 14.8. The molecule has 0 radical (unpaired) electrons. The summed E-state index contributed by atoms with van der Waals surface area (Å²) in [5.41, 5.74) is 2.75. The molecule has 0 unspecified atom stereocenters. The molecule has 66 valence electrons. The van der Waals surface area contributed by atoms with Crippen molar-refractivity contribution >= 4 is 0 Å². The van der Waals surface area contributed by atoms with Crippen LogP contribution in [0.1, 0.15) is 30.9 Å². The monoisotopic (exact) mass is 163 g/mol. The number of quaternary nitrogens is 1. The third-order valence-corrected chi connectivity index (χ3v) is 2.03. The van der Waals surface area contributed by atoms with E-state index in [1.165, 1.54) is 11.1 Å². The zero-order chi connectivity index (χ0) is 8.97. The van der Waals surface area contributed by atoms with Crippen LogP contribution in [0.4, 0.5) is 0 Å². The molecule has 0 amide bonds. The molecule has 1 heteroatoms. The summed E-state index contributed by atoms with van der Waals surface area (Å²) < 4.78 is 0. The van der Waals surface area contributed by atoms with Crippen LogP contribution in [0.5, 0.6) is 0 Å². The Bertz CT molecular complexity index is 223. The summed E-state index contributed by atoms with van der Waals surface area (Å²) in [5, 5.41) is 1.93. The zero-order valence-electron chi connectivity index (χ0n) is 7.88. The van der Waals surface area contributed by atoms with E-state index in [9.17, 15) is 0 Å². The van der Waals surface area contributed by atoms with E-state index in [0.717, 1.165) is 6.54 Å². The van der Waals surface area contributed by atoms with Gasteiger partial charge in [0, 0.05) is 5.56 Å². The van der Waals surface area contributed by atoms with Gasteiger partial charge in [-0.1, -0.05) is 38.1 Å². The fraction of sp³-hybridized carbons (Fsp3) is 0.364. The molecule has 0 atom stereocenters. The molecule has 0 aliphatic rings. The highest BCUT2D eigenvalue weighted by molar-refractivity contribution is 5.23. The minimum atomic E-state index is 0.628. The molecule has 0 saturated carbocycles. The standard InChI is InChI=1S/C11H17N/c1-9(2)11-6-4-10(5-7-11)8-12-3/h4-7,9H,3,8,12H2,1-2H3. The molecule has 0 fully saturated rings. The summed E-state index contributed by atoms with van der Waals surface area (Å²) in [5.74, 6) is 0.628. The van der Waals surface area contributed by atoms with Crippen LogP contribution in [0.15, 0.2) is 24.3 Å². The highest BCUT2D eigenvalue weighted by Crippen LogP contribution is 2.13. The molecule has 1 rings (SSSR count). The number of nitrogens with two attached hydrogens (primary N) is 1. The van der Waals surface area contributed by atoms with Crippen molar-refractivity contribution in [1.82, 2.24) is 0 Å². The van der Waals surface area contributed by atoms with Crippen LogP contribution in [0.3, 0.4) is 0 Å². The van der Waals surface area contributed by atoms with Gasteiger partial charge in [-0.15, -0.1) is 0 Å². The molecule has 0 aliphatic heterocycles. The molecule has 1 aromatic carbocycles. The van der Waals surface area contributed by atoms with Crippen molar-refractivity contribution in [2.75, 3.05) is 0 Å². The van der Waals surface area contributed by atoms with Crippen LogP contribution in [0.2, 0.25) is 0 Å². The van der Waals surface area contributed by atoms with E-state index >= 15 is 0 Å². The van der Waals surface area contributed by atoms with Crippen LogP contribution in [-0.2, 0) is 6.54 Å². The van der Waals surface area contributed by atoms with Gasteiger partial charge in [-0.3, -0.25) is 0 Å². The van der Waals surface area contributed by atoms with Gasteiger partial charge in [-0.05, 0) is 11.5 Å². The van der Waals surface area contributed by atoms with E-state index in [-0.39, 0.29) is 0 Å². The van der Waals surface area contributed by atoms with Gasteiger partial charge < -0.3 is 5.32 Å². The number of rotatable bonds is 3. The average molecular weight is 163 g/mol. The van der Waals surface area contributed by atoms with Crippen molar-refractivity contribution in [3.8, 4) is 0 Å². The van der Waals surface area contributed by atoms with Crippen molar-refractivity contribution < 1.29 is 5.32 Å². The summed E-state index contributed by atoms with van der Waals surface area (Å²) >= 11 is 0. The van der Waals surface area contributed by atoms with Crippen molar-refractivity contribution in [3.05, 3.63) is 42.4 Å². The lowest BCUT2D eigenvalue weighted by molar-refractivity contribution is -0.612. The fourth-order valence-electron chi connectivity index (χ4n) is 1.21. The van der Waals surface area contributed by atoms with Gasteiger partial charge in [-0.2, -0.15) is 7.05 Å². The van der Waals surface area contributed by atoms with Gasteiger partial charge in [0.15, 0.2) is 0 Å². The molecule has 2 N–H and O–H groups in total. The zero-order valence-corrected chi connectivity index (χ0v) is 7.88. The number of hydrogen-bond donors (Lipinski definition) is 1. The maximum Gasteiger partial charge on any atom is 0.0773 e. The Labute approximate surface area is 74.8 Å². The second-order valence-corrected chi connectivity index (χ2v) is 3.39. The lowest BCUT2D eigenvalue weighted by Crippen LogP contribution is -2.74. The van der Waals surface area contributed by atoms with Crippen LogP contribution >= 0.6 is 0 Å². The summed E-state index contributed by atoms with van der Waals surface area (Å²) in [6, 6.07) is 8.75. The smallest absolute Gasteiger partial charge is 0.0773 e. The predicted molar refractivity (Wildman–Crippen MR) is 51.5 cm³/mol. The van der Waals surface area contributed by atoms with E-state index in [4.69, 9.17) is 0 Å². The van der Waals surface area contributed by atoms with E-state index in [1.54, 1.807) is 0 Å². The molecule has 1 aromatic rings. The van der Waals surface area contributed by atoms with Crippen LogP contribution in [-0.4, -0.2) is 0 Å². The lowest BCUT2D eigenvalue weighted by Gasteiger charge is -2.06. The summed E-state index contributed by atoms with van der Waals surface area (Å²) in [4.78, 5) is 0. The van der Waals surface area contributed by atoms with Crippen molar-refractivity contribution in [2.45, 2.75) is 26.3 Å². The molecule has 0 bridgehead atoms. The fourth-order valence-corrected chi connectivity index (χ4v) is 1.21. The Balaban J connectivity index is 2.71. The first-order valence-corrected chi connectivity index (χ1v) is 4.43. The third-order valence-electron chi connectivity index (χ3n) is 2.03. The van der Waals surface area contributed by atoms with E-state index < -0.39 is 0 Å². The molecule has 0 aliphatic carbocycles. The predicted octanol–water partition coefficient (Wildman–Crippen LogP) is 1.66. The Hall–Kier alpha value is -0.820. The first-order valence-electron chi connectivity index (χ1n) is 4.43. The maximum absolute atomic E-state index is 3.71. The first kappa shape index (κ1) is 9.27. The van der Waals surface area contributed by atoms with Gasteiger partial charge >= 0.3 is 0 Å². The molecular weight excluding hydrogens is 146 g/mol. The van der Waals surface area contributed by atoms with Crippen LogP contribution in [0.25, 0.3) is 0 Å². The van der Waals surface area contributed by atoms with Gasteiger partial charge in [0.1, 0.15) is 0 Å². The van der Waals surface area contributed by atoms with E-state index in [1.807, 2.05) is 5.32 Å². The summed E-state index contributed by atoms with van der Waals surface area (Å²) in [6.45, 7) is 5.39. The Morgan fingerprint density at radius 3 is 2.25 bits per heavy atom. The Morgan fingerprint density at radius 2 is 1.83 bits per heavy atom. The quantitative estimate of drug-likeness (QED) is 0.653. The van der Waals surface area contributed by atoms with Crippen molar-refractivity contribution in [1.29, 1.82) is 0 Å². The lowest BCUT2D eigenvalue weighted by atomic mass is 10.0. The average Bonchev–Trinajstić information content (AvgIpc) is 2.06. The van der Waals surface area contributed by atoms with Gasteiger partial charge in [0.05, 0.1) is 6.54 Å². The Morgan fingerprint density at radius 1 is 1.25 bits per heavy atom. The van der Waals surface area contributed by atoms with E-state index in [0.29, 0.717) is 5.92 Å². The highest BCUT2D eigenvalue weighted by Gasteiger charge is 1.97. The largest absolute Gasteiger partial charge is 0.475 e. The Kier molecular flexibility index (Phi) is 3.30. The van der Waals surface area contributed by atoms with Crippen molar-refractivity contribution in [3.63, 3.8) is 0 Å². The summed E-state index contributed by atoms with van der Waals surface area (Å²) in [7, 11) is 3.71. The molecule has 0 spiro atoms. The number of hydrogen-bond acceptors (Lipinski definition) is 0. The normalized spacial score (nSPS) is 10.7. The summed E-state index contributed by atoms with van der Waals surface area (Å²) in [6.07, 6.45) is 0. The first-order chi connectivity index (χ1) is 5.74. The minimum Gasteiger partial charge on any atom is -0.475 e. The molecule has 0 aromatic heterocycles. The van der Waals surface area contributed by atoms with Crippen LogP contribution in [0, 0.1) is 7.05 Å². The second-order valence-electron chi connectivity index (χ2n) is 3.39.